The van der Waals surface area contributed by atoms with Crippen molar-refractivity contribution in [1.29, 1.82) is 0 Å². The molecule has 0 aromatic heterocycles. The average molecular weight is 263 g/mol. The van der Waals surface area contributed by atoms with E-state index in [0.29, 0.717) is 12.3 Å². The Labute approximate surface area is 114 Å². The summed E-state index contributed by atoms with van der Waals surface area (Å²) in [5.74, 6) is 1.32. The van der Waals surface area contributed by atoms with Crippen molar-refractivity contribution in [2.45, 2.75) is 25.7 Å². The molecule has 0 bridgehead atoms. The fourth-order valence-electron chi connectivity index (χ4n) is 2.25. The minimum absolute atomic E-state index is 0.377. The Morgan fingerprint density at radius 3 is 2.74 bits per heavy atom. The van der Waals surface area contributed by atoms with Crippen LogP contribution in [0.3, 0.4) is 0 Å². The van der Waals surface area contributed by atoms with Crippen molar-refractivity contribution in [1.82, 2.24) is 5.32 Å². The molecule has 1 fully saturated rings. The lowest BCUT2D eigenvalue weighted by molar-refractivity contribution is 0.0633. The zero-order chi connectivity index (χ0) is 13.3. The molecule has 4 nitrogen and oxygen atoms in total. The van der Waals surface area contributed by atoms with Gasteiger partial charge in [-0.3, -0.25) is 0 Å². The molecule has 1 aliphatic rings. The number of amides is 1. The van der Waals surface area contributed by atoms with Crippen molar-refractivity contribution in [2.75, 3.05) is 19.8 Å². The van der Waals surface area contributed by atoms with E-state index in [0.717, 1.165) is 44.8 Å². The Balaban J connectivity index is 1.56. The van der Waals surface area contributed by atoms with E-state index in [2.05, 4.69) is 5.32 Å². The van der Waals surface area contributed by atoms with Crippen LogP contribution in [0.25, 0.3) is 0 Å². The van der Waals surface area contributed by atoms with Gasteiger partial charge in [0.2, 0.25) is 0 Å². The largest absolute Gasteiger partial charge is 0.412 e. The van der Waals surface area contributed by atoms with E-state index in [4.69, 9.17) is 9.47 Å². The van der Waals surface area contributed by atoms with Crippen LogP contribution >= 0.6 is 0 Å². The number of para-hydroxylation sites is 1. The summed E-state index contributed by atoms with van der Waals surface area (Å²) in [5.41, 5.74) is 0. The Bertz CT molecular complexity index is 374. The van der Waals surface area contributed by atoms with Crippen LogP contribution in [-0.4, -0.2) is 25.9 Å². The van der Waals surface area contributed by atoms with Crippen LogP contribution in [0.4, 0.5) is 4.79 Å². The van der Waals surface area contributed by atoms with Crippen LogP contribution in [0.15, 0.2) is 30.3 Å². The van der Waals surface area contributed by atoms with Crippen molar-refractivity contribution in [3.8, 4) is 5.75 Å². The molecule has 1 N–H and O–H groups in total. The smallest absolute Gasteiger partial charge is 0.410 e. The summed E-state index contributed by atoms with van der Waals surface area (Å²) in [5, 5.41) is 2.78. The van der Waals surface area contributed by atoms with Crippen molar-refractivity contribution < 1.29 is 14.3 Å². The molecule has 0 atom stereocenters. The highest BCUT2D eigenvalue weighted by atomic mass is 16.6. The summed E-state index contributed by atoms with van der Waals surface area (Å²) in [6.45, 7) is 2.44. The second-order valence-corrected chi connectivity index (χ2v) is 4.83. The minimum Gasteiger partial charge on any atom is -0.410 e. The van der Waals surface area contributed by atoms with Crippen molar-refractivity contribution in [3.63, 3.8) is 0 Å². The maximum Gasteiger partial charge on any atom is 0.412 e. The summed E-state index contributed by atoms with van der Waals surface area (Å²) in [6, 6.07) is 9.10. The highest BCUT2D eigenvalue weighted by molar-refractivity contribution is 5.70. The molecular weight excluding hydrogens is 242 g/mol. The van der Waals surface area contributed by atoms with Crippen LogP contribution < -0.4 is 10.1 Å². The standard InChI is InChI=1S/C15H21NO3/c17-15(19-14-6-2-1-3-7-14)16-10-4-5-13-8-11-18-12-9-13/h1-3,6-7,13H,4-5,8-12H2,(H,16,17). The fraction of sp³-hybridized carbons (Fsp3) is 0.533. The third-order valence-electron chi connectivity index (χ3n) is 3.35. The molecule has 1 aromatic carbocycles. The number of carbonyl (C=O) groups is 1. The van der Waals surface area contributed by atoms with Gasteiger partial charge in [-0.2, -0.15) is 0 Å². The first-order valence-corrected chi connectivity index (χ1v) is 6.93. The molecule has 2 rings (SSSR count). The van der Waals surface area contributed by atoms with Gasteiger partial charge in [-0.15, -0.1) is 0 Å². The van der Waals surface area contributed by atoms with Gasteiger partial charge in [0, 0.05) is 19.8 Å². The Hall–Kier alpha value is -1.55. The lowest BCUT2D eigenvalue weighted by Crippen LogP contribution is -2.28. The summed E-state index contributed by atoms with van der Waals surface area (Å²) >= 11 is 0. The molecule has 0 radical (unpaired) electrons. The molecule has 0 saturated carbocycles. The minimum atomic E-state index is -0.377. The maximum atomic E-state index is 11.5. The molecule has 1 aromatic rings. The summed E-state index contributed by atoms with van der Waals surface area (Å²) < 4.78 is 10.5. The van der Waals surface area contributed by atoms with Crippen LogP contribution in [0.5, 0.6) is 5.75 Å². The predicted molar refractivity (Wildman–Crippen MR) is 73.2 cm³/mol. The molecule has 1 amide bonds. The van der Waals surface area contributed by atoms with Gasteiger partial charge < -0.3 is 14.8 Å². The highest BCUT2D eigenvalue weighted by Gasteiger charge is 2.13. The van der Waals surface area contributed by atoms with Gasteiger partial charge in [0.15, 0.2) is 0 Å². The zero-order valence-electron chi connectivity index (χ0n) is 11.1. The lowest BCUT2D eigenvalue weighted by Gasteiger charge is -2.21. The number of rotatable bonds is 5. The SMILES string of the molecule is O=C(NCCCC1CCOCC1)Oc1ccccc1. The molecule has 19 heavy (non-hydrogen) atoms. The highest BCUT2D eigenvalue weighted by Crippen LogP contribution is 2.19. The quantitative estimate of drug-likeness (QED) is 0.831. The topological polar surface area (TPSA) is 47.6 Å². The number of nitrogens with one attached hydrogen (secondary N) is 1. The monoisotopic (exact) mass is 263 g/mol. The van der Waals surface area contributed by atoms with Gasteiger partial charge in [0.25, 0.3) is 0 Å². The normalized spacial score (nSPS) is 16.0. The first-order valence-electron chi connectivity index (χ1n) is 6.93. The Morgan fingerprint density at radius 2 is 2.00 bits per heavy atom. The van der Waals surface area contributed by atoms with E-state index in [1.165, 1.54) is 0 Å². The molecule has 0 spiro atoms. The van der Waals surface area contributed by atoms with E-state index >= 15 is 0 Å². The van der Waals surface area contributed by atoms with Crippen molar-refractivity contribution in [3.05, 3.63) is 30.3 Å². The van der Waals surface area contributed by atoms with E-state index < -0.39 is 0 Å². The molecule has 0 unspecified atom stereocenters. The van der Waals surface area contributed by atoms with E-state index in [1.807, 2.05) is 18.2 Å². The van der Waals surface area contributed by atoms with Crippen LogP contribution in [0.1, 0.15) is 25.7 Å². The van der Waals surface area contributed by atoms with Gasteiger partial charge in [-0.1, -0.05) is 18.2 Å². The molecule has 4 heteroatoms. The van der Waals surface area contributed by atoms with Gasteiger partial charge in [0.1, 0.15) is 5.75 Å². The number of benzene rings is 1. The number of hydrogen-bond acceptors (Lipinski definition) is 3. The molecule has 1 aliphatic heterocycles. The molecular formula is C15H21NO3. The summed E-state index contributed by atoms with van der Waals surface area (Å²) in [6.07, 6.45) is 4.06. The lowest BCUT2D eigenvalue weighted by atomic mass is 9.95. The molecule has 1 heterocycles. The number of hydrogen-bond donors (Lipinski definition) is 1. The van der Waals surface area contributed by atoms with E-state index in [-0.39, 0.29) is 6.09 Å². The second kappa shape index (κ2) is 7.79. The van der Waals surface area contributed by atoms with Crippen molar-refractivity contribution in [2.24, 2.45) is 5.92 Å². The van der Waals surface area contributed by atoms with E-state index in [9.17, 15) is 4.79 Å². The van der Waals surface area contributed by atoms with Gasteiger partial charge in [-0.05, 0) is 43.7 Å². The van der Waals surface area contributed by atoms with Crippen molar-refractivity contribution >= 4 is 6.09 Å². The predicted octanol–water partition coefficient (Wildman–Crippen LogP) is 2.98. The van der Waals surface area contributed by atoms with Gasteiger partial charge >= 0.3 is 6.09 Å². The summed E-state index contributed by atoms with van der Waals surface area (Å²) in [4.78, 5) is 11.5. The second-order valence-electron chi connectivity index (χ2n) is 4.83. The van der Waals surface area contributed by atoms with Gasteiger partial charge in [0.05, 0.1) is 0 Å². The molecule has 104 valence electrons. The van der Waals surface area contributed by atoms with E-state index in [1.54, 1.807) is 12.1 Å². The average Bonchev–Trinajstić information content (AvgIpc) is 2.46. The number of ether oxygens (including phenoxy) is 2. The van der Waals surface area contributed by atoms with Crippen LogP contribution in [0, 0.1) is 5.92 Å². The molecule has 0 aliphatic carbocycles. The Morgan fingerprint density at radius 1 is 1.26 bits per heavy atom. The maximum absolute atomic E-state index is 11.5. The number of carbonyl (C=O) groups excluding carboxylic acids is 1. The van der Waals surface area contributed by atoms with Crippen LogP contribution in [0.2, 0.25) is 0 Å². The molecule has 1 saturated heterocycles. The Kier molecular flexibility index (Phi) is 5.69. The first kappa shape index (κ1) is 13.9. The van der Waals surface area contributed by atoms with Crippen LogP contribution in [-0.2, 0) is 4.74 Å². The van der Waals surface area contributed by atoms with Gasteiger partial charge in [-0.25, -0.2) is 4.79 Å². The third kappa shape index (κ3) is 5.30. The fourth-order valence-corrected chi connectivity index (χ4v) is 2.25. The zero-order valence-corrected chi connectivity index (χ0v) is 11.1. The summed E-state index contributed by atoms with van der Waals surface area (Å²) in [7, 11) is 0. The first-order chi connectivity index (χ1) is 9.34. The third-order valence-corrected chi connectivity index (χ3v) is 3.35.